The number of rotatable bonds is 4. The van der Waals surface area contributed by atoms with Gasteiger partial charge in [0.05, 0.1) is 0 Å². The molecule has 0 aromatic heterocycles. The zero-order chi connectivity index (χ0) is 13.1. The molecule has 100 valence electrons. The first-order valence-corrected chi connectivity index (χ1v) is 7.19. The van der Waals surface area contributed by atoms with Gasteiger partial charge in [0.15, 0.2) is 0 Å². The van der Waals surface area contributed by atoms with Crippen LogP contribution in [0.5, 0.6) is 0 Å². The molecule has 1 aliphatic carbocycles. The summed E-state index contributed by atoms with van der Waals surface area (Å²) in [6.45, 7) is 2.35. The molecule has 0 aliphatic heterocycles. The zero-order valence-corrected chi connectivity index (χ0v) is 12.0. The van der Waals surface area contributed by atoms with E-state index >= 15 is 0 Å². The van der Waals surface area contributed by atoms with Crippen LogP contribution in [-0.4, -0.2) is 17.8 Å². The van der Waals surface area contributed by atoms with Crippen molar-refractivity contribution in [2.75, 3.05) is 6.61 Å². The highest BCUT2D eigenvalue weighted by molar-refractivity contribution is 6.33. The van der Waals surface area contributed by atoms with E-state index in [0.29, 0.717) is 17.0 Å². The molecule has 2 rings (SSSR count). The van der Waals surface area contributed by atoms with Gasteiger partial charge in [0.25, 0.3) is 0 Å². The fourth-order valence-electron chi connectivity index (χ4n) is 2.73. The van der Waals surface area contributed by atoms with Crippen molar-refractivity contribution in [1.29, 1.82) is 0 Å². The van der Waals surface area contributed by atoms with E-state index in [4.69, 9.17) is 23.2 Å². The van der Waals surface area contributed by atoms with Crippen molar-refractivity contribution in [2.24, 2.45) is 5.92 Å². The predicted octanol–water partition coefficient (Wildman–Crippen LogP) is 3.81. The third-order valence-electron chi connectivity index (χ3n) is 3.78. The molecular weight excluding hydrogens is 269 g/mol. The summed E-state index contributed by atoms with van der Waals surface area (Å²) in [6.07, 6.45) is 3.40. The van der Waals surface area contributed by atoms with Crippen molar-refractivity contribution in [2.45, 2.75) is 38.3 Å². The zero-order valence-electron chi connectivity index (χ0n) is 10.5. The van der Waals surface area contributed by atoms with Crippen LogP contribution in [-0.2, 0) is 0 Å². The summed E-state index contributed by atoms with van der Waals surface area (Å²) in [5.41, 5.74) is 1.02. The fraction of sp³-hybridized carbons (Fsp3) is 0.571. The highest BCUT2D eigenvalue weighted by Gasteiger charge is 2.28. The minimum Gasteiger partial charge on any atom is -0.396 e. The van der Waals surface area contributed by atoms with Crippen LogP contribution >= 0.6 is 23.2 Å². The summed E-state index contributed by atoms with van der Waals surface area (Å²) in [5.74, 6) is 0.366. The van der Waals surface area contributed by atoms with Crippen molar-refractivity contribution in [3.8, 4) is 0 Å². The number of halogens is 2. The molecule has 2 N–H and O–H groups in total. The second-order valence-corrected chi connectivity index (χ2v) is 5.88. The highest BCUT2D eigenvalue weighted by Crippen LogP contribution is 2.30. The van der Waals surface area contributed by atoms with Crippen molar-refractivity contribution in [1.82, 2.24) is 5.32 Å². The summed E-state index contributed by atoms with van der Waals surface area (Å²) < 4.78 is 0. The maximum Gasteiger partial charge on any atom is 0.0474 e. The van der Waals surface area contributed by atoms with E-state index in [-0.39, 0.29) is 12.6 Å². The number of nitrogens with one attached hydrogen (secondary N) is 1. The molecule has 1 aliphatic rings. The Morgan fingerprint density at radius 1 is 1.39 bits per heavy atom. The molecule has 3 unspecified atom stereocenters. The van der Waals surface area contributed by atoms with E-state index in [1.165, 1.54) is 6.42 Å². The van der Waals surface area contributed by atoms with Gasteiger partial charge in [-0.05, 0) is 49.4 Å². The molecule has 0 bridgehead atoms. The third kappa shape index (κ3) is 3.18. The Bertz CT molecular complexity index is 411. The quantitative estimate of drug-likeness (QED) is 0.883. The minimum atomic E-state index is 0.147. The summed E-state index contributed by atoms with van der Waals surface area (Å²) in [4.78, 5) is 0. The van der Waals surface area contributed by atoms with Crippen LogP contribution in [0.4, 0.5) is 0 Å². The lowest BCUT2D eigenvalue weighted by atomic mass is 10.0. The van der Waals surface area contributed by atoms with Crippen LogP contribution in [0.2, 0.25) is 10.0 Å². The molecule has 0 radical (unpaired) electrons. The summed E-state index contributed by atoms with van der Waals surface area (Å²) in [7, 11) is 0. The molecule has 1 aromatic carbocycles. The second-order valence-electron chi connectivity index (χ2n) is 5.03. The van der Waals surface area contributed by atoms with Gasteiger partial charge in [-0.15, -0.1) is 0 Å². The molecule has 1 fully saturated rings. The molecule has 1 aromatic rings. The molecule has 2 nitrogen and oxygen atoms in total. The topological polar surface area (TPSA) is 32.3 Å². The number of aliphatic hydroxyl groups excluding tert-OH is 1. The Labute approximate surface area is 118 Å². The first-order valence-electron chi connectivity index (χ1n) is 6.43. The number of hydrogen-bond donors (Lipinski definition) is 2. The van der Waals surface area contributed by atoms with Crippen LogP contribution in [0.1, 0.15) is 37.8 Å². The third-order valence-corrected chi connectivity index (χ3v) is 4.36. The Hall–Kier alpha value is -0.280. The first kappa shape index (κ1) is 14.1. The van der Waals surface area contributed by atoms with Gasteiger partial charge in [0.1, 0.15) is 0 Å². The van der Waals surface area contributed by atoms with Gasteiger partial charge in [-0.3, -0.25) is 0 Å². The van der Waals surface area contributed by atoms with Crippen molar-refractivity contribution >= 4 is 23.2 Å². The molecular formula is C14H19Cl2NO. The number of hydrogen-bond acceptors (Lipinski definition) is 2. The molecule has 18 heavy (non-hydrogen) atoms. The lowest BCUT2D eigenvalue weighted by molar-refractivity contribution is 0.200. The monoisotopic (exact) mass is 287 g/mol. The Morgan fingerprint density at radius 3 is 2.89 bits per heavy atom. The standard InChI is InChI=1S/C14H19Cl2NO/c1-9(12-7-11(15)5-6-13(12)16)17-14-4-2-3-10(14)8-18/h5-7,9-10,14,17-18H,2-4,8H2,1H3. The maximum absolute atomic E-state index is 9.33. The van der Waals surface area contributed by atoms with Crippen molar-refractivity contribution in [3.63, 3.8) is 0 Å². The Kier molecular flexibility index (Phi) is 4.91. The van der Waals surface area contributed by atoms with Crippen LogP contribution in [0.15, 0.2) is 18.2 Å². The van der Waals surface area contributed by atoms with Crippen molar-refractivity contribution < 1.29 is 5.11 Å². The normalized spacial score (nSPS) is 25.3. The number of benzene rings is 1. The van der Waals surface area contributed by atoms with Crippen LogP contribution in [0, 0.1) is 5.92 Å². The van der Waals surface area contributed by atoms with E-state index in [2.05, 4.69) is 12.2 Å². The van der Waals surface area contributed by atoms with E-state index in [0.717, 1.165) is 23.4 Å². The van der Waals surface area contributed by atoms with Gasteiger partial charge < -0.3 is 10.4 Å². The molecule has 1 saturated carbocycles. The first-order chi connectivity index (χ1) is 8.61. The predicted molar refractivity (Wildman–Crippen MR) is 76.2 cm³/mol. The van der Waals surface area contributed by atoms with Gasteiger partial charge in [0.2, 0.25) is 0 Å². The van der Waals surface area contributed by atoms with Gasteiger partial charge in [-0.2, -0.15) is 0 Å². The van der Waals surface area contributed by atoms with Gasteiger partial charge in [0, 0.05) is 28.7 Å². The van der Waals surface area contributed by atoms with Gasteiger partial charge >= 0.3 is 0 Å². The highest BCUT2D eigenvalue weighted by atomic mass is 35.5. The average molecular weight is 288 g/mol. The largest absolute Gasteiger partial charge is 0.396 e. The molecule has 3 atom stereocenters. The summed E-state index contributed by atoms with van der Waals surface area (Å²) >= 11 is 12.2. The van der Waals surface area contributed by atoms with Gasteiger partial charge in [-0.1, -0.05) is 29.6 Å². The summed E-state index contributed by atoms with van der Waals surface area (Å²) in [5, 5.41) is 14.3. The summed E-state index contributed by atoms with van der Waals surface area (Å²) in [6, 6.07) is 6.06. The molecule has 4 heteroatoms. The van der Waals surface area contributed by atoms with Crippen molar-refractivity contribution in [3.05, 3.63) is 33.8 Å². The SMILES string of the molecule is CC(NC1CCCC1CO)c1cc(Cl)ccc1Cl. The van der Waals surface area contributed by atoms with E-state index in [1.807, 2.05) is 12.1 Å². The van der Waals surface area contributed by atoms with E-state index in [9.17, 15) is 5.11 Å². The number of aliphatic hydroxyl groups is 1. The Morgan fingerprint density at radius 2 is 2.17 bits per heavy atom. The lowest BCUT2D eigenvalue weighted by Gasteiger charge is -2.25. The van der Waals surface area contributed by atoms with Crippen LogP contribution in [0.25, 0.3) is 0 Å². The lowest BCUT2D eigenvalue weighted by Crippen LogP contribution is -2.35. The van der Waals surface area contributed by atoms with Gasteiger partial charge in [-0.25, -0.2) is 0 Å². The van der Waals surface area contributed by atoms with Crippen LogP contribution in [0.3, 0.4) is 0 Å². The fourth-order valence-corrected chi connectivity index (χ4v) is 3.19. The molecule has 0 saturated heterocycles. The van der Waals surface area contributed by atoms with Crippen LogP contribution < -0.4 is 5.32 Å². The average Bonchev–Trinajstić information content (AvgIpc) is 2.79. The molecule has 0 heterocycles. The van der Waals surface area contributed by atoms with E-state index in [1.54, 1.807) is 6.07 Å². The second kappa shape index (κ2) is 6.25. The molecule has 0 amide bonds. The smallest absolute Gasteiger partial charge is 0.0474 e. The Balaban J connectivity index is 2.07. The maximum atomic E-state index is 9.33. The van der Waals surface area contributed by atoms with E-state index < -0.39 is 0 Å². The molecule has 0 spiro atoms. The minimum absolute atomic E-state index is 0.147.